The Balaban J connectivity index is 1.50. The molecule has 4 nitrogen and oxygen atoms in total. The van der Waals surface area contributed by atoms with E-state index >= 15 is 0 Å². The number of carbonyl (C=O) groups excluding carboxylic acids is 1. The fraction of sp³-hybridized carbons (Fsp3) is 0.368. The van der Waals surface area contributed by atoms with Crippen LogP contribution in [0.3, 0.4) is 0 Å². The van der Waals surface area contributed by atoms with Gasteiger partial charge in [0.05, 0.1) is 6.42 Å². The Kier molecular flexibility index (Phi) is 5.83. The first-order chi connectivity index (χ1) is 11.7. The van der Waals surface area contributed by atoms with Crippen LogP contribution in [0.15, 0.2) is 48.7 Å². The van der Waals surface area contributed by atoms with E-state index in [2.05, 4.69) is 27.3 Å². The third-order valence-corrected chi connectivity index (χ3v) is 4.51. The highest BCUT2D eigenvalue weighted by Crippen LogP contribution is 2.16. The van der Waals surface area contributed by atoms with E-state index in [1.54, 1.807) is 6.20 Å². The van der Waals surface area contributed by atoms with E-state index in [4.69, 9.17) is 11.6 Å². The number of rotatable bonds is 5. The lowest BCUT2D eigenvalue weighted by Crippen LogP contribution is -2.47. The zero-order valence-electron chi connectivity index (χ0n) is 13.6. The second-order valence-electron chi connectivity index (χ2n) is 6.27. The third kappa shape index (κ3) is 5.05. The van der Waals surface area contributed by atoms with Crippen molar-refractivity contribution in [3.05, 3.63) is 64.9 Å². The summed E-state index contributed by atoms with van der Waals surface area (Å²) in [6.45, 7) is 2.84. The van der Waals surface area contributed by atoms with Gasteiger partial charge in [-0.2, -0.15) is 0 Å². The molecular formula is C19H22ClN3O. The SMILES string of the molecule is O=C(Cc1ccccn1)NC1CCCN(Cc2ccc(Cl)cc2)C1. The van der Waals surface area contributed by atoms with Crippen LogP contribution in [0.1, 0.15) is 24.1 Å². The van der Waals surface area contributed by atoms with Crippen molar-refractivity contribution in [2.75, 3.05) is 13.1 Å². The molecule has 0 aliphatic carbocycles. The average Bonchev–Trinajstić information content (AvgIpc) is 2.58. The number of benzene rings is 1. The Morgan fingerprint density at radius 1 is 1.25 bits per heavy atom. The normalized spacial score (nSPS) is 18.3. The lowest BCUT2D eigenvalue weighted by atomic mass is 10.0. The maximum atomic E-state index is 12.2. The predicted molar refractivity (Wildman–Crippen MR) is 95.8 cm³/mol. The van der Waals surface area contributed by atoms with E-state index in [9.17, 15) is 4.79 Å². The van der Waals surface area contributed by atoms with Gasteiger partial charge in [-0.3, -0.25) is 14.7 Å². The summed E-state index contributed by atoms with van der Waals surface area (Å²) in [5.74, 6) is 0.0482. The van der Waals surface area contributed by atoms with E-state index in [1.165, 1.54) is 5.56 Å². The quantitative estimate of drug-likeness (QED) is 0.907. The second-order valence-corrected chi connectivity index (χ2v) is 6.70. The number of pyridine rings is 1. The number of aromatic nitrogens is 1. The third-order valence-electron chi connectivity index (χ3n) is 4.26. The van der Waals surface area contributed by atoms with Gasteiger partial charge < -0.3 is 5.32 Å². The maximum Gasteiger partial charge on any atom is 0.226 e. The number of likely N-dealkylation sites (tertiary alicyclic amines) is 1. The zero-order chi connectivity index (χ0) is 16.8. The molecule has 1 saturated heterocycles. The van der Waals surface area contributed by atoms with Gasteiger partial charge in [-0.05, 0) is 49.2 Å². The lowest BCUT2D eigenvalue weighted by molar-refractivity contribution is -0.121. The minimum atomic E-state index is 0.0482. The number of halogens is 1. The van der Waals surface area contributed by atoms with E-state index in [0.717, 1.165) is 43.2 Å². The molecular weight excluding hydrogens is 322 g/mol. The van der Waals surface area contributed by atoms with Gasteiger partial charge in [0.25, 0.3) is 0 Å². The Hall–Kier alpha value is -1.91. The fourth-order valence-corrected chi connectivity index (χ4v) is 3.24. The molecule has 2 heterocycles. The number of nitrogens with zero attached hydrogens (tertiary/aromatic N) is 2. The van der Waals surface area contributed by atoms with Gasteiger partial charge in [-0.25, -0.2) is 0 Å². The van der Waals surface area contributed by atoms with Gasteiger partial charge in [0.15, 0.2) is 0 Å². The van der Waals surface area contributed by atoms with Crippen LogP contribution in [-0.4, -0.2) is 34.9 Å². The minimum absolute atomic E-state index is 0.0482. The molecule has 1 atom stereocenters. The van der Waals surface area contributed by atoms with Crippen LogP contribution < -0.4 is 5.32 Å². The molecule has 0 spiro atoms. The summed E-state index contributed by atoms with van der Waals surface area (Å²) < 4.78 is 0. The van der Waals surface area contributed by atoms with Crippen molar-refractivity contribution >= 4 is 17.5 Å². The van der Waals surface area contributed by atoms with Gasteiger partial charge in [-0.1, -0.05) is 29.8 Å². The van der Waals surface area contributed by atoms with E-state index in [0.29, 0.717) is 6.42 Å². The maximum absolute atomic E-state index is 12.2. The van der Waals surface area contributed by atoms with Crippen molar-refractivity contribution in [1.82, 2.24) is 15.2 Å². The van der Waals surface area contributed by atoms with Gasteiger partial charge in [0.1, 0.15) is 0 Å². The molecule has 1 aliphatic rings. The number of carbonyl (C=O) groups is 1. The molecule has 3 rings (SSSR count). The van der Waals surface area contributed by atoms with Gasteiger partial charge >= 0.3 is 0 Å². The van der Waals surface area contributed by atoms with Gasteiger partial charge in [0, 0.05) is 36.0 Å². The molecule has 2 aromatic rings. The molecule has 1 fully saturated rings. The number of hydrogen-bond acceptors (Lipinski definition) is 3. The van der Waals surface area contributed by atoms with Gasteiger partial charge in [-0.15, -0.1) is 0 Å². The number of amides is 1. The van der Waals surface area contributed by atoms with Crippen LogP contribution in [0.2, 0.25) is 5.02 Å². The van der Waals surface area contributed by atoms with Crippen molar-refractivity contribution < 1.29 is 4.79 Å². The van der Waals surface area contributed by atoms with Crippen molar-refractivity contribution in [2.24, 2.45) is 0 Å². The molecule has 0 radical (unpaired) electrons. The molecule has 1 unspecified atom stereocenters. The number of nitrogens with one attached hydrogen (secondary N) is 1. The molecule has 1 aromatic carbocycles. The Bertz CT molecular complexity index is 660. The average molecular weight is 344 g/mol. The molecule has 0 saturated carbocycles. The number of hydrogen-bond donors (Lipinski definition) is 1. The van der Waals surface area contributed by atoms with Crippen LogP contribution in [-0.2, 0) is 17.8 Å². The van der Waals surface area contributed by atoms with E-state index in [1.807, 2.05) is 30.3 Å². The summed E-state index contributed by atoms with van der Waals surface area (Å²) in [6.07, 6.45) is 4.19. The monoisotopic (exact) mass is 343 g/mol. The first-order valence-corrected chi connectivity index (χ1v) is 8.73. The lowest BCUT2D eigenvalue weighted by Gasteiger charge is -2.33. The second kappa shape index (κ2) is 8.27. The molecule has 5 heteroatoms. The Morgan fingerprint density at radius 3 is 2.83 bits per heavy atom. The Labute approximate surface area is 147 Å². The summed E-state index contributed by atoms with van der Waals surface area (Å²) in [5.41, 5.74) is 2.06. The van der Waals surface area contributed by atoms with Gasteiger partial charge in [0.2, 0.25) is 5.91 Å². The molecule has 1 amide bonds. The highest BCUT2D eigenvalue weighted by atomic mass is 35.5. The molecule has 1 aromatic heterocycles. The summed E-state index contributed by atoms with van der Waals surface area (Å²) in [6, 6.07) is 13.8. The first-order valence-electron chi connectivity index (χ1n) is 8.35. The zero-order valence-corrected chi connectivity index (χ0v) is 14.4. The van der Waals surface area contributed by atoms with Crippen molar-refractivity contribution in [3.63, 3.8) is 0 Å². The van der Waals surface area contributed by atoms with Crippen LogP contribution in [0.4, 0.5) is 0 Å². The Morgan fingerprint density at radius 2 is 2.08 bits per heavy atom. The summed E-state index contributed by atoms with van der Waals surface area (Å²) in [5, 5.41) is 3.91. The van der Waals surface area contributed by atoms with Crippen LogP contribution in [0.5, 0.6) is 0 Å². The molecule has 0 bridgehead atoms. The minimum Gasteiger partial charge on any atom is -0.352 e. The van der Waals surface area contributed by atoms with Crippen LogP contribution in [0, 0.1) is 0 Å². The van der Waals surface area contributed by atoms with Crippen molar-refractivity contribution in [3.8, 4) is 0 Å². The molecule has 126 valence electrons. The first kappa shape index (κ1) is 16.9. The highest BCUT2D eigenvalue weighted by molar-refractivity contribution is 6.30. The standard InChI is InChI=1S/C19H22ClN3O/c20-16-8-6-15(7-9-16)13-23-11-3-5-18(14-23)22-19(24)12-17-4-1-2-10-21-17/h1-2,4,6-10,18H,3,5,11-14H2,(H,22,24). The van der Waals surface area contributed by atoms with Crippen molar-refractivity contribution in [1.29, 1.82) is 0 Å². The number of piperidine rings is 1. The van der Waals surface area contributed by atoms with Crippen molar-refractivity contribution in [2.45, 2.75) is 31.8 Å². The molecule has 24 heavy (non-hydrogen) atoms. The fourth-order valence-electron chi connectivity index (χ4n) is 3.11. The largest absolute Gasteiger partial charge is 0.352 e. The summed E-state index contributed by atoms with van der Waals surface area (Å²) >= 11 is 5.94. The molecule has 1 N–H and O–H groups in total. The topological polar surface area (TPSA) is 45.2 Å². The van der Waals surface area contributed by atoms with Crippen LogP contribution in [0.25, 0.3) is 0 Å². The van der Waals surface area contributed by atoms with E-state index in [-0.39, 0.29) is 11.9 Å². The van der Waals surface area contributed by atoms with E-state index < -0.39 is 0 Å². The van der Waals surface area contributed by atoms with Crippen LogP contribution >= 0.6 is 11.6 Å². The molecule has 1 aliphatic heterocycles. The summed E-state index contributed by atoms with van der Waals surface area (Å²) in [7, 11) is 0. The highest BCUT2D eigenvalue weighted by Gasteiger charge is 2.21. The smallest absolute Gasteiger partial charge is 0.226 e. The predicted octanol–water partition coefficient (Wildman–Crippen LogP) is 3.06. The summed E-state index contributed by atoms with van der Waals surface area (Å²) in [4.78, 5) is 18.8.